The van der Waals surface area contributed by atoms with Crippen LogP contribution < -0.4 is 10.6 Å². The van der Waals surface area contributed by atoms with Crippen LogP contribution in [0.15, 0.2) is 83.8 Å². The van der Waals surface area contributed by atoms with Gasteiger partial charge in [0.15, 0.2) is 0 Å². The van der Waals surface area contributed by atoms with E-state index in [0.717, 1.165) is 64.9 Å². The molecule has 0 radical (unpaired) electrons. The minimum Gasteiger partial charge on any atom is -0.356 e. The molecule has 0 bridgehead atoms. The van der Waals surface area contributed by atoms with Crippen LogP contribution in [0.5, 0.6) is 0 Å². The maximum Gasteiger partial charge on any atom is 0.326 e. The fraction of sp³-hybridized carbons (Fsp3) is 0.192. The van der Waals surface area contributed by atoms with Crippen molar-refractivity contribution in [2.24, 2.45) is 0 Å². The molecular formula is C26H23N5O. The summed E-state index contributed by atoms with van der Waals surface area (Å²) >= 11 is 0. The van der Waals surface area contributed by atoms with E-state index in [2.05, 4.69) is 39.1 Å². The van der Waals surface area contributed by atoms with Crippen LogP contribution in [0, 0.1) is 0 Å². The van der Waals surface area contributed by atoms with E-state index in [1.807, 2.05) is 59.3 Å². The molecule has 0 aliphatic carbocycles. The van der Waals surface area contributed by atoms with E-state index in [1.165, 1.54) is 0 Å². The molecule has 158 valence electrons. The Balaban J connectivity index is 1.35. The summed E-state index contributed by atoms with van der Waals surface area (Å²) in [6, 6.07) is 24.5. The van der Waals surface area contributed by atoms with Crippen molar-refractivity contribution >= 4 is 27.8 Å². The number of aromatic nitrogens is 4. The zero-order valence-corrected chi connectivity index (χ0v) is 17.6. The summed E-state index contributed by atoms with van der Waals surface area (Å²) in [5.41, 5.74) is 4.82. The Kier molecular flexibility index (Phi) is 4.49. The molecule has 6 nitrogen and oxygen atoms in total. The van der Waals surface area contributed by atoms with Crippen molar-refractivity contribution in [3.05, 3.63) is 89.5 Å². The quantitative estimate of drug-likeness (QED) is 0.455. The largest absolute Gasteiger partial charge is 0.356 e. The number of fused-ring (bicyclic) bond motifs is 2. The lowest BCUT2D eigenvalue weighted by Gasteiger charge is -2.34. The highest BCUT2D eigenvalue weighted by atomic mass is 16.1. The maximum atomic E-state index is 12.6. The van der Waals surface area contributed by atoms with Crippen molar-refractivity contribution in [1.82, 2.24) is 19.5 Å². The minimum atomic E-state index is -0.0245. The molecule has 2 aromatic carbocycles. The van der Waals surface area contributed by atoms with Gasteiger partial charge < -0.3 is 9.88 Å². The summed E-state index contributed by atoms with van der Waals surface area (Å²) in [4.78, 5) is 27.6. The number of benzene rings is 2. The number of nitrogens with one attached hydrogen (secondary N) is 1. The average Bonchev–Trinajstić information content (AvgIpc) is 3.19. The first kappa shape index (κ1) is 18.8. The standard InChI is InChI=1S/C26H23N5O/c32-26-29-21-10-4-5-11-24(21)31(26)19-12-15-30(16-13-19)25-20-9-6-14-27-23(20)17-22(28-25)18-7-2-1-3-8-18/h1-11,14,17,19H,12-13,15-16H2,(H,29,32). The number of rotatable bonds is 3. The predicted molar refractivity (Wildman–Crippen MR) is 128 cm³/mol. The Hall–Kier alpha value is -3.93. The molecule has 1 saturated heterocycles. The Morgan fingerprint density at radius 1 is 0.906 bits per heavy atom. The molecule has 4 heterocycles. The highest BCUT2D eigenvalue weighted by Gasteiger charge is 2.25. The molecule has 1 fully saturated rings. The molecule has 32 heavy (non-hydrogen) atoms. The van der Waals surface area contributed by atoms with Crippen molar-refractivity contribution in [3.63, 3.8) is 0 Å². The first-order chi connectivity index (χ1) is 15.8. The number of para-hydroxylation sites is 2. The monoisotopic (exact) mass is 421 g/mol. The third-order valence-corrected chi connectivity index (χ3v) is 6.40. The van der Waals surface area contributed by atoms with Gasteiger partial charge >= 0.3 is 5.69 Å². The van der Waals surface area contributed by atoms with Gasteiger partial charge in [0.25, 0.3) is 0 Å². The zero-order chi connectivity index (χ0) is 21.5. The van der Waals surface area contributed by atoms with Gasteiger partial charge in [-0.2, -0.15) is 0 Å². The van der Waals surface area contributed by atoms with E-state index in [1.54, 1.807) is 0 Å². The molecule has 1 N–H and O–H groups in total. The fourth-order valence-electron chi connectivity index (χ4n) is 4.83. The van der Waals surface area contributed by atoms with E-state index < -0.39 is 0 Å². The van der Waals surface area contributed by atoms with Crippen LogP contribution in [0.1, 0.15) is 18.9 Å². The van der Waals surface area contributed by atoms with E-state index in [9.17, 15) is 4.79 Å². The lowest BCUT2D eigenvalue weighted by molar-refractivity contribution is 0.396. The lowest BCUT2D eigenvalue weighted by Crippen LogP contribution is -2.37. The number of H-pyrrole nitrogens is 1. The van der Waals surface area contributed by atoms with Gasteiger partial charge in [0.05, 0.1) is 22.2 Å². The van der Waals surface area contributed by atoms with Crippen LogP contribution >= 0.6 is 0 Å². The summed E-state index contributed by atoms with van der Waals surface area (Å²) in [5, 5.41) is 1.06. The number of hydrogen-bond donors (Lipinski definition) is 1. The molecule has 0 spiro atoms. The van der Waals surface area contributed by atoms with Gasteiger partial charge in [-0.25, -0.2) is 9.78 Å². The Morgan fingerprint density at radius 3 is 2.53 bits per heavy atom. The first-order valence-corrected chi connectivity index (χ1v) is 11.0. The minimum absolute atomic E-state index is 0.0245. The molecule has 0 unspecified atom stereocenters. The van der Waals surface area contributed by atoms with Crippen molar-refractivity contribution in [3.8, 4) is 11.3 Å². The number of aromatic amines is 1. The second-order valence-electron chi connectivity index (χ2n) is 8.30. The number of hydrogen-bond acceptors (Lipinski definition) is 4. The van der Waals surface area contributed by atoms with Crippen LogP contribution in [0.25, 0.3) is 33.2 Å². The van der Waals surface area contributed by atoms with Gasteiger partial charge in [-0.05, 0) is 43.2 Å². The van der Waals surface area contributed by atoms with E-state index >= 15 is 0 Å². The average molecular weight is 422 g/mol. The first-order valence-electron chi connectivity index (χ1n) is 11.0. The highest BCUT2D eigenvalue weighted by Crippen LogP contribution is 2.33. The van der Waals surface area contributed by atoms with E-state index in [0.29, 0.717) is 0 Å². The molecule has 0 atom stereocenters. The van der Waals surface area contributed by atoms with E-state index in [-0.39, 0.29) is 11.7 Å². The van der Waals surface area contributed by atoms with Crippen molar-refractivity contribution in [2.75, 3.05) is 18.0 Å². The predicted octanol–water partition coefficient (Wildman–Crippen LogP) is 4.78. The molecule has 0 amide bonds. The van der Waals surface area contributed by atoms with Crippen LogP contribution in [0.4, 0.5) is 5.82 Å². The molecule has 0 saturated carbocycles. The lowest BCUT2D eigenvalue weighted by atomic mass is 10.0. The summed E-state index contributed by atoms with van der Waals surface area (Å²) < 4.78 is 1.93. The number of anilines is 1. The van der Waals surface area contributed by atoms with Gasteiger partial charge in [0, 0.05) is 36.3 Å². The summed E-state index contributed by atoms with van der Waals surface area (Å²) in [5.74, 6) is 0.971. The van der Waals surface area contributed by atoms with Gasteiger partial charge in [-0.3, -0.25) is 9.55 Å². The molecule has 5 aromatic rings. The smallest absolute Gasteiger partial charge is 0.326 e. The van der Waals surface area contributed by atoms with Crippen molar-refractivity contribution < 1.29 is 0 Å². The van der Waals surface area contributed by atoms with Crippen molar-refractivity contribution in [1.29, 1.82) is 0 Å². The van der Waals surface area contributed by atoms with Gasteiger partial charge in [-0.15, -0.1) is 0 Å². The SMILES string of the molecule is O=c1[nH]c2ccccc2n1C1CCN(c2nc(-c3ccccc3)cc3ncccc23)CC1. The molecule has 6 heteroatoms. The molecule has 1 aliphatic rings. The summed E-state index contributed by atoms with van der Waals surface area (Å²) in [6.07, 6.45) is 3.61. The Bertz CT molecular complexity index is 1460. The topological polar surface area (TPSA) is 66.8 Å². The maximum absolute atomic E-state index is 12.6. The molecule has 6 rings (SSSR count). The van der Waals surface area contributed by atoms with E-state index in [4.69, 9.17) is 4.98 Å². The third-order valence-electron chi connectivity index (χ3n) is 6.40. The fourth-order valence-corrected chi connectivity index (χ4v) is 4.83. The number of pyridine rings is 2. The summed E-state index contributed by atoms with van der Waals surface area (Å²) in [7, 11) is 0. The molecule has 3 aromatic heterocycles. The Labute approximate surface area is 185 Å². The zero-order valence-electron chi connectivity index (χ0n) is 17.6. The van der Waals surface area contributed by atoms with Gasteiger partial charge in [-0.1, -0.05) is 42.5 Å². The molecular weight excluding hydrogens is 398 g/mol. The number of nitrogens with zero attached hydrogens (tertiary/aromatic N) is 4. The van der Waals surface area contributed by atoms with Gasteiger partial charge in [0.1, 0.15) is 5.82 Å². The Morgan fingerprint density at radius 2 is 1.69 bits per heavy atom. The highest BCUT2D eigenvalue weighted by molar-refractivity contribution is 5.92. The van der Waals surface area contributed by atoms with Gasteiger partial charge in [0.2, 0.25) is 0 Å². The second-order valence-corrected chi connectivity index (χ2v) is 8.30. The van der Waals surface area contributed by atoms with Crippen LogP contribution in [0.2, 0.25) is 0 Å². The normalized spacial score (nSPS) is 14.9. The third kappa shape index (κ3) is 3.15. The van der Waals surface area contributed by atoms with Crippen molar-refractivity contribution in [2.45, 2.75) is 18.9 Å². The number of piperidine rings is 1. The van der Waals surface area contributed by atoms with Crippen LogP contribution in [-0.2, 0) is 0 Å². The van der Waals surface area contributed by atoms with Crippen LogP contribution in [-0.4, -0.2) is 32.6 Å². The number of imidazole rings is 1. The molecule has 1 aliphatic heterocycles. The summed E-state index contributed by atoms with van der Waals surface area (Å²) in [6.45, 7) is 1.68. The second kappa shape index (κ2) is 7.64. The van der Waals surface area contributed by atoms with Crippen LogP contribution in [0.3, 0.4) is 0 Å².